The van der Waals surface area contributed by atoms with Gasteiger partial charge in [0.05, 0.1) is 17.1 Å². The summed E-state index contributed by atoms with van der Waals surface area (Å²) in [6, 6.07) is 7.19. The van der Waals surface area contributed by atoms with Gasteiger partial charge in [-0.15, -0.1) is 0 Å². The van der Waals surface area contributed by atoms with Crippen molar-refractivity contribution in [3.05, 3.63) is 33.9 Å². The van der Waals surface area contributed by atoms with Crippen LogP contribution in [0.25, 0.3) is 10.9 Å². The Morgan fingerprint density at radius 1 is 1.50 bits per heavy atom. The molecule has 4 nitrogen and oxygen atoms in total. The molecule has 2 N–H and O–H groups in total. The van der Waals surface area contributed by atoms with Gasteiger partial charge in [-0.2, -0.15) is 5.26 Å². The number of hydrogen-bond acceptors (Lipinski definition) is 2. The lowest BCUT2D eigenvalue weighted by molar-refractivity contribution is 0.0993. The van der Waals surface area contributed by atoms with Crippen LogP contribution in [0.15, 0.2) is 22.7 Å². The van der Waals surface area contributed by atoms with Crippen molar-refractivity contribution >= 4 is 32.7 Å². The standard InChI is InChI=1S/C11H8BrN3O/c1-15-9(11(14)16)4-7-2-6(5-13)3-8(12)10(7)15/h2-4H,1H3,(H2,14,16). The first-order chi connectivity index (χ1) is 7.54. The predicted molar refractivity (Wildman–Crippen MR) is 63.9 cm³/mol. The Morgan fingerprint density at radius 2 is 2.19 bits per heavy atom. The first-order valence-corrected chi connectivity index (χ1v) is 5.32. The van der Waals surface area contributed by atoms with Gasteiger partial charge in [0.15, 0.2) is 0 Å². The van der Waals surface area contributed by atoms with Crippen molar-refractivity contribution in [1.29, 1.82) is 5.26 Å². The van der Waals surface area contributed by atoms with Crippen LogP contribution in [0.4, 0.5) is 0 Å². The van der Waals surface area contributed by atoms with E-state index in [0.29, 0.717) is 11.3 Å². The van der Waals surface area contributed by atoms with Crippen molar-refractivity contribution in [2.75, 3.05) is 0 Å². The second kappa shape index (κ2) is 3.65. The van der Waals surface area contributed by atoms with Gasteiger partial charge in [0.1, 0.15) is 5.69 Å². The smallest absolute Gasteiger partial charge is 0.265 e. The SMILES string of the molecule is Cn1c(C(N)=O)cc2cc(C#N)cc(Br)c21. The van der Waals surface area contributed by atoms with Gasteiger partial charge in [-0.25, -0.2) is 0 Å². The van der Waals surface area contributed by atoms with Gasteiger partial charge in [0.2, 0.25) is 0 Å². The molecule has 0 saturated heterocycles. The van der Waals surface area contributed by atoms with Crippen LogP contribution < -0.4 is 5.73 Å². The van der Waals surface area contributed by atoms with Crippen molar-refractivity contribution in [2.45, 2.75) is 0 Å². The van der Waals surface area contributed by atoms with E-state index in [-0.39, 0.29) is 0 Å². The van der Waals surface area contributed by atoms with Crippen LogP contribution in [-0.4, -0.2) is 10.5 Å². The molecule has 2 aromatic rings. The van der Waals surface area contributed by atoms with Gasteiger partial charge in [-0.3, -0.25) is 4.79 Å². The maximum atomic E-state index is 11.2. The van der Waals surface area contributed by atoms with Gasteiger partial charge in [0, 0.05) is 16.9 Å². The van der Waals surface area contributed by atoms with Gasteiger partial charge >= 0.3 is 0 Å². The normalized spacial score (nSPS) is 10.3. The van der Waals surface area contributed by atoms with Crippen molar-refractivity contribution in [2.24, 2.45) is 12.8 Å². The number of aromatic nitrogens is 1. The average molecular weight is 278 g/mol. The zero-order valence-electron chi connectivity index (χ0n) is 8.49. The Hall–Kier alpha value is -1.80. The molecule has 16 heavy (non-hydrogen) atoms. The number of rotatable bonds is 1. The molecule has 1 aromatic carbocycles. The number of amides is 1. The molecular formula is C11H8BrN3O. The second-order valence-electron chi connectivity index (χ2n) is 3.46. The number of fused-ring (bicyclic) bond motifs is 1. The minimum absolute atomic E-state index is 0.422. The number of nitriles is 1. The Bertz CT molecular complexity index is 637. The molecule has 0 aliphatic rings. The number of primary amides is 1. The highest BCUT2D eigenvalue weighted by molar-refractivity contribution is 9.10. The molecule has 0 unspecified atom stereocenters. The second-order valence-corrected chi connectivity index (χ2v) is 4.31. The highest BCUT2D eigenvalue weighted by atomic mass is 79.9. The lowest BCUT2D eigenvalue weighted by Gasteiger charge is -2.02. The maximum Gasteiger partial charge on any atom is 0.265 e. The quantitative estimate of drug-likeness (QED) is 0.865. The van der Waals surface area contributed by atoms with E-state index in [0.717, 1.165) is 15.4 Å². The molecule has 1 heterocycles. The van der Waals surface area contributed by atoms with Crippen molar-refractivity contribution in [1.82, 2.24) is 4.57 Å². The van der Waals surface area contributed by atoms with E-state index >= 15 is 0 Å². The molecule has 80 valence electrons. The predicted octanol–water partition coefficient (Wildman–Crippen LogP) is 1.91. The van der Waals surface area contributed by atoms with Crippen molar-refractivity contribution in [3.8, 4) is 6.07 Å². The highest BCUT2D eigenvalue weighted by Gasteiger charge is 2.13. The van der Waals surface area contributed by atoms with E-state index < -0.39 is 5.91 Å². The molecule has 0 radical (unpaired) electrons. The highest BCUT2D eigenvalue weighted by Crippen LogP contribution is 2.28. The molecule has 1 aromatic heterocycles. The summed E-state index contributed by atoms with van der Waals surface area (Å²) in [6.45, 7) is 0. The number of aryl methyl sites for hydroxylation is 1. The molecule has 0 aliphatic heterocycles. The summed E-state index contributed by atoms with van der Waals surface area (Å²) in [5.74, 6) is -0.482. The summed E-state index contributed by atoms with van der Waals surface area (Å²) < 4.78 is 2.49. The largest absolute Gasteiger partial charge is 0.364 e. The fourth-order valence-corrected chi connectivity index (χ4v) is 2.49. The van der Waals surface area contributed by atoms with Crippen LogP contribution in [0.1, 0.15) is 16.1 Å². The molecule has 5 heteroatoms. The van der Waals surface area contributed by atoms with Crippen LogP contribution in [-0.2, 0) is 7.05 Å². The summed E-state index contributed by atoms with van der Waals surface area (Å²) in [5, 5.41) is 9.66. The third-order valence-electron chi connectivity index (χ3n) is 2.46. The van der Waals surface area contributed by atoms with Crippen LogP contribution in [0.3, 0.4) is 0 Å². The Balaban J connectivity index is 2.87. The summed E-state index contributed by atoms with van der Waals surface area (Å²) in [6.07, 6.45) is 0. The number of halogens is 1. The van der Waals surface area contributed by atoms with E-state index in [9.17, 15) is 4.79 Å². The number of nitrogens with zero attached hydrogens (tertiary/aromatic N) is 2. The number of nitrogens with two attached hydrogens (primary N) is 1. The van der Waals surface area contributed by atoms with Crippen molar-refractivity contribution in [3.63, 3.8) is 0 Å². The Kier molecular flexibility index (Phi) is 2.44. The summed E-state index contributed by atoms with van der Waals surface area (Å²) >= 11 is 3.38. The summed E-state index contributed by atoms with van der Waals surface area (Å²) in [7, 11) is 1.76. The number of benzene rings is 1. The molecule has 0 saturated carbocycles. The van der Waals surface area contributed by atoms with Gasteiger partial charge < -0.3 is 10.3 Å². The third-order valence-corrected chi connectivity index (χ3v) is 3.07. The molecule has 0 atom stereocenters. The molecular weight excluding hydrogens is 270 g/mol. The molecule has 0 spiro atoms. The number of carbonyl (C=O) groups is 1. The van der Waals surface area contributed by atoms with Crippen molar-refractivity contribution < 1.29 is 4.79 Å². The van der Waals surface area contributed by atoms with Gasteiger partial charge in [0.25, 0.3) is 5.91 Å². The Morgan fingerprint density at radius 3 is 2.75 bits per heavy atom. The van der Waals surface area contributed by atoms with Gasteiger partial charge in [-0.05, 0) is 34.1 Å². The summed E-state index contributed by atoms with van der Waals surface area (Å²) in [4.78, 5) is 11.2. The lowest BCUT2D eigenvalue weighted by atomic mass is 10.2. The zero-order chi connectivity index (χ0) is 11.9. The minimum Gasteiger partial charge on any atom is -0.364 e. The monoisotopic (exact) mass is 277 g/mol. The number of hydrogen-bond donors (Lipinski definition) is 1. The fraction of sp³-hybridized carbons (Fsp3) is 0.0909. The molecule has 0 fully saturated rings. The van der Waals surface area contributed by atoms with E-state index in [1.807, 2.05) is 0 Å². The fourth-order valence-electron chi connectivity index (χ4n) is 1.75. The molecule has 2 rings (SSSR count). The van der Waals surface area contributed by atoms with E-state index in [1.54, 1.807) is 29.8 Å². The number of carbonyl (C=O) groups excluding carboxylic acids is 1. The molecule has 0 aliphatic carbocycles. The molecule has 0 bridgehead atoms. The van der Waals surface area contributed by atoms with E-state index in [2.05, 4.69) is 22.0 Å². The minimum atomic E-state index is -0.482. The summed E-state index contributed by atoms with van der Waals surface area (Å²) in [5.41, 5.74) is 7.08. The van der Waals surface area contributed by atoms with E-state index in [1.165, 1.54) is 0 Å². The first-order valence-electron chi connectivity index (χ1n) is 4.53. The van der Waals surface area contributed by atoms with Crippen LogP contribution in [0.2, 0.25) is 0 Å². The lowest BCUT2D eigenvalue weighted by Crippen LogP contribution is -2.14. The average Bonchev–Trinajstić information content (AvgIpc) is 2.56. The first kappa shape index (κ1) is 10.7. The third kappa shape index (κ3) is 1.48. The zero-order valence-corrected chi connectivity index (χ0v) is 10.1. The van der Waals surface area contributed by atoms with Crippen LogP contribution in [0.5, 0.6) is 0 Å². The van der Waals surface area contributed by atoms with Crippen LogP contribution in [0, 0.1) is 11.3 Å². The maximum absolute atomic E-state index is 11.2. The van der Waals surface area contributed by atoms with E-state index in [4.69, 9.17) is 11.0 Å². The van der Waals surface area contributed by atoms with Crippen LogP contribution >= 0.6 is 15.9 Å². The molecule has 1 amide bonds. The van der Waals surface area contributed by atoms with Gasteiger partial charge in [-0.1, -0.05) is 0 Å². The Labute approximate surface area is 100 Å². The topological polar surface area (TPSA) is 71.8 Å².